The number of hydrogen-bond donors (Lipinski definition) is 1. The Labute approximate surface area is 120 Å². The Morgan fingerprint density at radius 3 is 3.05 bits per heavy atom. The van der Waals surface area contributed by atoms with Crippen molar-refractivity contribution in [2.75, 3.05) is 13.2 Å². The maximum absolute atomic E-state index is 12.1. The summed E-state index contributed by atoms with van der Waals surface area (Å²) < 4.78 is 11.3. The first-order valence-electron chi connectivity index (χ1n) is 7.31. The number of nitrogens with one attached hydrogen (secondary N) is 1. The molecule has 0 aliphatic carbocycles. The number of rotatable bonds is 6. The van der Waals surface area contributed by atoms with Crippen LogP contribution in [0.15, 0.2) is 24.3 Å². The summed E-state index contributed by atoms with van der Waals surface area (Å²) in [7, 11) is 0. The van der Waals surface area contributed by atoms with Crippen LogP contribution in [0.2, 0.25) is 0 Å². The third kappa shape index (κ3) is 4.23. The Kier molecular flexibility index (Phi) is 5.41. The van der Waals surface area contributed by atoms with E-state index >= 15 is 0 Å². The van der Waals surface area contributed by atoms with E-state index in [1.165, 1.54) is 0 Å². The molecule has 1 N–H and O–H groups in total. The highest BCUT2D eigenvalue weighted by Crippen LogP contribution is 2.16. The van der Waals surface area contributed by atoms with E-state index in [0.717, 1.165) is 30.8 Å². The first-order valence-corrected chi connectivity index (χ1v) is 7.31. The molecule has 0 radical (unpaired) electrons. The molecule has 0 saturated carbocycles. The van der Waals surface area contributed by atoms with Crippen molar-refractivity contribution in [3.8, 4) is 5.75 Å². The van der Waals surface area contributed by atoms with Gasteiger partial charge in [0.1, 0.15) is 5.75 Å². The minimum atomic E-state index is -0.446. The van der Waals surface area contributed by atoms with Crippen LogP contribution in [0.1, 0.15) is 31.7 Å². The SMILES string of the molecule is CC[C@@H](Oc1cccc(C)c1)C(=O)NC[C@@H]1CCCO1. The smallest absolute Gasteiger partial charge is 0.261 e. The second-order valence-corrected chi connectivity index (χ2v) is 5.21. The molecule has 1 aromatic rings. The minimum Gasteiger partial charge on any atom is -0.481 e. The number of carbonyl (C=O) groups is 1. The minimum absolute atomic E-state index is 0.0653. The third-order valence-electron chi connectivity index (χ3n) is 3.46. The van der Waals surface area contributed by atoms with Crippen LogP contribution in [0.25, 0.3) is 0 Å². The lowest BCUT2D eigenvalue weighted by Crippen LogP contribution is -2.41. The Balaban J connectivity index is 1.85. The molecule has 2 atom stereocenters. The van der Waals surface area contributed by atoms with E-state index < -0.39 is 6.10 Å². The summed E-state index contributed by atoms with van der Waals surface area (Å²) in [5.74, 6) is 0.675. The van der Waals surface area contributed by atoms with Gasteiger partial charge in [-0.05, 0) is 43.9 Å². The van der Waals surface area contributed by atoms with Crippen molar-refractivity contribution >= 4 is 5.91 Å². The molecule has 4 nitrogen and oxygen atoms in total. The molecular weight excluding hydrogens is 254 g/mol. The lowest BCUT2D eigenvalue weighted by atomic mass is 10.2. The van der Waals surface area contributed by atoms with Gasteiger partial charge in [-0.25, -0.2) is 0 Å². The summed E-state index contributed by atoms with van der Waals surface area (Å²) in [6.45, 7) is 5.33. The summed E-state index contributed by atoms with van der Waals surface area (Å²) in [5.41, 5.74) is 1.12. The standard InChI is InChI=1S/C16H23NO3/c1-3-15(20-13-7-4-6-12(2)10-13)16(18)17-11-14-8-5-9-19-14/h4,6-7,10,14-15H,3,5,8-9,11H2,1-2H3,(H,17,18)/t14-,15+/m0/s1. The fourth-order valence-electron chi connectivity index (χ4n) is 2.31. The molecule has 0 spiro atoms. The van der Waals surface area contributed by atoms with Gasteiger partial charge in [-0.3, -0.25) is 4.79 Å². The van der Waals surface area contributed by atoms with Gasteiger partial charge in [-0.15, -0.1) is 0 Å². The van der Waals surface area contributed by atoms with Crippen LogP contribution in [0.3, 0.4) is 0 Å². The van der Waals surface area contributed by atoms with Gasteiger partial charge < -0.3 is 14.8 Å². The van der Waals surface area contributed by atoms with Crippen LogP contribution in [0, 0.1) is 6.92 Å². The Morgan fingerprint density at radius 2 is 2.40 bits per heavy atom. The van der Waals surface area contributed by atoms with Gasteiger partial charge in [0.2, 0.25) is 0 Å². The monoisotopic (exact) mass is 277 g/mol. The van der Waals surface area contributed by atoms with Gasteiger partial charge in [-0.1, -0.05) is 19.1 Å². The average Bonchev–Trinajstić information content (AvgIpc) is 2.95. The largest absolute Gasteiger partial charge is 0.481 e. The van der Waals surface area contributed by atoms with E-state index in [2.05, 4.69) is 5.32 Å². The van der Waals surface area contributed by atoms with Crippen LogP contribution < -0.4 is 10.1 Å². The molecule has 110 valence electrons. The van der Waals surface area contributed by atoms with E-state index in [0.29, 0.717) is 13.0 Å². The number of carbonyl (C=O) groups excluding carboxylic acids is 1. The van der Waals surface area contributed by atoms with Crippen LogP contribution in [0.4, 0.5) is 0 Å². The van der Waals surface area contributed by atoms with Crippen molar-refractivity contribution in [3.05, 3.63) is 29.8 Å². The average molecular weight is 277 g/mol. The van der Waals surface area contributed by atoms with Crippen LogP contribution >= 0.6 is 0 Å². The molecule has 1 aliphatic rings. The zero-order chi connectivity index (χ0) is 14.4. The van der Waals surface area contributed by atoms with Crippen LogP contribution in [-0.2, 0) is 9.53 Å². The van der Waals surface area contributed by atoms with Gasteiger partial charge in [0.05, 0.1) is 6.10 Å². The van der Waals surface area contributed by atoms with E-state index in [1.54, 1.807) is 0 Å². The molecule has 20 heavy (non-hydrogen) atoms. The highest BCUT2D eigenvalue weighted by molar-refractivity contribution is 5.81. The lowest BCUT2D eigenvalue weighted by molar-refractivity contribution is -0.128. The van der Waals surface area contributed by atoms with Gasteiger partial charge in [0, 0.05) is 13.2 Å². The molecule has 1 aliphatic heterocycles. The number of benzene rings is 1. The zero-order valence-electron chi connectivity index (χ0n) is 12.2. The molecule has 0 aromatic heterocycles. The highest BCUT2D eigenvalue weighted by Gasteiger charge is 2.21. The van der Waals surface area contributed by atoms with E-state index in [-0.39, 0.29) is 12.0 Å². The van der Waals surface area contributed by atoms with Crippen molar-refractivity contribution < 1.29 is 14.3 Å². The number of ether oxygens (including phenoxy) is 2. The van der Waals surface area contributed by atoms with Crippen molar-refractivity contribution in [1.29, 1.82) is 0 Å². The molecule has 0 unspecified atom stereocenters. The fourth-order valence-corrected chi connectivity index (χ4v) is 2.31. The molecule has 1 aromatic carbocycles. The molecule has 4 heteroatoms. The Morgan fingerprint density at radius 1 is 1.55 bits per heavy atom. The van der Waals surface area contributed by atoms with E-state index in [4.69, 9.17) is 9.47 Å². The molecule has 0 bridgehead atoms. The highest BCUT2D eigenvalue weighted by atomic mass is 16.5. The topological polar surface area (TPSA) is 47.6 Å². The van der Waals surface area contributed by atoms with Crippen molar-refractivity contribution in [2.45, 2.75) is 45.3 Å². The quantitative estimate of drug-likeness (QED) is 0.869. The Bertz CT molecular complexity index is 441. The normalized spacial score (nSPS) is 19.6. The van der Waals surface area contributed by atoms with E-state index in [1.807, 2.05) is 38.1 Å². The van der Waals surface area contributed by atoms with Crippen molar-refractivity contribution in [3.63, 3.8) is 0 Å². The summed E-state index contributed by atoms with van der Waals surface area (Å²) in [6, 6.07) is 7.76. The Hall–Kier alpha value is -1.55. The van der Waals surface area contributed by atoms with Gasteiger partial charge >= 0.3 is 0 Å². The maximum atomic E-state index is 12.1. The zero-order valence-corrected chi connectivity index (χ0v) is 12.2. The van der Waals surface area contributed by atoms with Gasteiger partial charge in [0.25, 0.3) is 5.91 Å². The van der Waals surface area contributed by atoms with E-state index in [9.17, 15) is 4.79 Å². The van der Waals surface area contributed by atoms with Gasteiger partial charge in [-0.2, -0.15) is 0 Å². The fraction of sp³-hybridized carbons (Fsp3) is 0.562. The predicted octanol–water partition coefficient (Wildman–Crippen LogP) is 2.45. The maximum Gasteiger partial charge on any atom is 0.261 e. The first kappa shape index (κ1) is 14.9. The number of hydrogen-bond acceptors (Lipinski definition) is 3. The van der Waals surface area contributed by atoms with Crippen LogP contribution in [-0.4, -0.2) is 31.3 Å². The summed E-state index contributed by atoms with van der Waals surface area (Å²) in [4.78, 5) is 12.1. The molecule has 1 amide bonds. The predicted molar refractivity (Wildman–Crippen MR) is 77.9 cm³/mol. The summed E-state index contributed by atoms with van der Waals surface area (Å²) in [6.07, 6.45) is 2.46. The number of amides is 1. The second-order valence-electron chi connectivity index (χ2n) is 5.21. The summed E-state index contributed by atoms with van der Waals surface area (Å²) >= 11 is 0. The molecule has 1 fully saturated rings. The number of aryl methyl sites for hydroxylation is 1. The third-order valence-corrected chi connectivity index (χ3v) is 3.46. The first-order chi connectivity index (χ1) is 9.69. The molecule has 2 rings (SSSR count). The van der Waals surface area contributed by atoms with Crippen LogP contribution in [0.5, 0.6) is 5.75 Å². The van der Waals surface area contributed by atoms with Gasteiger partial charge in [0.15, 0.2) is 6.10 Å². The van der Waals surface area contributed by atoms with Crippen molar-refractivity contribution in [2.24, 2.45) is 0 Å². The molecule has 1 heterocycles. The molecule has 1 saturated heterocycles. The van der Waals surface area contributed by atoms with Crippen molar-refractivity contribution in [1.82, 2.24) is 5.32 Å². The second kappa shape index (κ2) is 7.29. The summed E-state index contributed by atoms with van der Waals surface area (Å²) in [5, 5.41) is 2.92. The lowest BCUT2D eigenvalue weighted by Gasteiger charge is -2.18. The molecular formula is C16H23NO3.